The standard InChI is InChI=1S/C10H9ClF2O2/c1-5(14)6-3-7(10(12)13)9(15-2)8(11)4-6/h3-4,10H,1-2H3. The Morgan fingerprint density at radius 2 is 2.07 bits per heavy atom. The van der Waals surface area contributed by atoms with E-state index in [0.717, 1.165) is 6.07 Å². The van der Waals surface area contributed by atoms with Crippen LogP contribution in [0.3, 0.4) is 0 Å². The molecule has 1 aromatic carbocycles. The predicted octanol–water partition coefficient (Wildman–Crippen LogP) is 3.49. The minimum atomic E-state index is -2.73. The van der Waals surface area contributed by atoms with Gasteiger partial charge in [-0.1, -0.05) is 11.6 Å². The zero-order valence-corrected chi connectivity index (χ0v) is 8.94. The van der Waals surface area contributed by atoms with E-state index in [4.69, 9.17) is 16.3 Å². The predicted molar refractivity (Wildman–Crippen MR) is 53.0 cm³/mol. The summed E-state index contributed by atoms with van der Waals surface area (Å²) < 4.78 is 29.9. The number of carbonyl (C=O) groups excluding carboxylic acids is 1. The van der Waals surface area contributed by atoms with Gasteiger partial charge < -0.3 is 4.74 Å². The van der Waals surface area contributed by atoms with Crippen molar-refractivity contribution in [3.63, 3.8) is 0 Å². The number of alkyl halides is 2. The molecule has 0 heterocycles. The van der Waals surface area contributed by atoms with Gasteiger partial charge in [0, 0.05) is 5.56 Å². The molecule has 0 aliphatic heterocycles. The lowest BCUT2D eigenvalue weighted by molar-refractivity contribution is 0.101. The number of Topliss-reactive ketones (excluding diaryl/α,β-unsaturated/α-hetero) is 1. The summed E-state index contributed by atoms with van der Waals surface area (Å²) in [7, 11) is 1.25. The summed E-state index contributed by atoms with van der Waals surface area (Å²) in [6.07, 6.45) is -2.73. The lowest BCUT2D eigenvalue weighted by atomic mass is 10.1. The highest BCUT2D eigenvalue weighted by molar-refractivity contribution is 6.32. The molecule has 82 valence electrons. The summed E-state index contributed by atoms with van der Waals surface area (Å²) in [5.74, 6) is -0.405. The lowest BCUT2D eigenvalue weighted by Crippen LogP contribution is -1.99. The van der Waals surface area contributed by atoms with Crippen LogP contribution in [0.15, 0.2) is 12.1 Å². The lowest BCUT2D eigenvalue weighted by Gasteiger charge is -2.10. The first-order valence-electron chi connectivity index (χ1n) is 4.14. The molecule has 0 atom stereocenters. The molecule has 2 nitrogen and oxygen atoms in total. The average Bonchev–Trinajstić information content (AvgIpc) is 2.16. The average molecular weight is 235 g/mol. The zero-order valence-electron chi connectivity index (χ0n) is 8.18. The van der Waals surface area contributed by atoms with Crippen molar-refractivity contribution in [3.05, 3.63) is 28.3 Å². The molecular weight excluding hydrogens is 226 g/mol. The normalized spacial score (nSPS) is 10.5. The molecule has 0 aliphatic carbocycles. The van der Waals surface area contributed by atoms with Gasteiger partial charge in [-0.05, 0) is 19.1 Å². The molecule has 0 bridgehead atoms. The van der Waals surface area contributed by atoms with E-state index >= 15 is 0 Å². The van der Waals surface area contributed by atoms with E-state index < -0.39 is 6.43 Å². The number of halogens is 3. The molecule has 5 heteroatoms. The number of carbonyl (C=O) groups is 1. The van der Waals surface area contributed by atoms with Crippen LogP contribution in [-0.2, 0) is 0 Å². The van der Waals surface area contributed by atoms with Crippen LogP contribution in [-0.4, -0.2) is 12.9 Å². The molecule has 0 spiro atoms. The van der Waals surface area contributed by atoms with Gasteiger partial charge in [0.05, 0.1) is 17.7 Å². The summed E-state index contributed by atoms with van der Waals surface area (Å²) in [5.41, 5.74) is -0.216. The second kappa shape index (κ2) is 4.57. The van der Waals surface area contributed by atoms with Crippen molar-refractivity contribution in [2.24, 2.45) is 0 Å². The fourth-order valence-electron chi connectivity index (χ4n) is 1.20. The van der Waals surface area contributed by atoms with Crippen molar-refractivity contribution in [2.75, 3.05) is 7.11 Å². The topological polar surface area (TPSA) is 26.3 Å². The molecule has 0 aromatic heterocycles. The van der Waals surface area contributed by atoms with Gasteiger partial charge in [-0.15, -0.1) is 0 Å². The summed E-state index contributed by atoms with van der Waals surface area (Å²) in [4.78, 5) is 11.0. The Labute approximate surface area is 90.8 Å². The summed E-state index contributed by atoms with van der Waals surface area (Å²) in [6, 6.07) is 2.41. The molecule has 0 fully saturated rings. The minimum Gasteiger partial charge on any atom is -0.495 e. The minimum absolute atomic E-state index is 0.0144. The van der Waals surface area contributed by atoms with Crippen LogP contribution < -0.4 is 4.74 Å². The monoisotopic (exact) mass is 234 g/mol. The Bertz CT molecular complexity index is 391. The van der Waals surface area contributed by atoms with Gasteiger partial charge >= 0.3 is 0 Å². The van der Waals surface area contributed by atoms with Gasteiger partial charge in [0.15, 0.2) is 5.78 Å². The quantitative estimate of drug-likeness (QED) is 0.749. The van der Waals surface area contributed by atoms with E-state index in [0.29, 0.717) is 0 Å². The van der Waals surface area contributed by atoms with E-state index in [1.54, 1.807) is 0 Å². The van der Waals surface area contributed by atoms with Gasteiger partial charge in [-0.25, -0.2) is 8.78 Å². The van der Waals surface area contributed by atoms with Crippen molar-refractivity contribution in [1.82, 2.24) is 0 Å². The third kappa shape index (κ3) is 2.45. The molecule has 0 saturated carbocycles. The zero-order chi connectivity index (χ0) is 11.6. The number of ketones is 1. The Morgan fingerprint density at radius 1 is 1.47 bits per heavy atom. The molecule has 0 unspecified atom stereocenters. The van der Waals surface area contributed by atoms with E-state index in [-0.39, 0.29) is 27.7 Å². The van der Waals surface area contributed by atoms with Crippen LogP contribution >= 0.6 is 11.6 Å². The Morgan fingerprint density at radius 3 is 2.47 bits per heavy atom. The second-order valence-corrected chi connectivity index (χ2v) is 3.34. The number of rotatable bonds is 3. The van der Waals surface area contributed by atoms with Gasteiger partial charge in [0.25, 0.3) is 6.43 Å². The Hall–Kier alpha value is -1.16. The van der Waals surface area contributed by atoms with Crippen molar-refractivity contribution in [3.8, 4) is 5.75 Å². The molecule has 0 aliphatic rings. The van der Waals surface area contributed by atoms with Crippen LogP contribution in [0.2, 0.25) is 5.02 Å². The van der Waals surface area contributed by atoms with Gasteiger partial charge in [0.1, 0.15) is 5.75 Å². The van der Waals surface area contributed by atoms with Crippen molar-refractivity contribution < 1.29 is 18.3 Å². The number of methoxy groups -OCH3 is 1. The molecule has 1 aromatic rings. The SMILES string of the molecule is COc1c(Cl)cc(C(C)=O)cc1C(F)F. The highest BCUT2D eigenvalue weighted by Gasteiger charge is 2.19. The van der Waals surface area contributed by atoms with E-state index in [2.05, 4.69) is 0 Å². The van der Waals surface area contributed by atoms with Gasteiger partial charge in [-0.3, -0.25) is 4.79 Å². The molecule has 1 rings (SSSR count). The number of hydrogen-bond acceptors (Lipinski definition) is 2. The highest BCUT2D eigenvalue weighted by atomic mass is 35.5. The van der Waals surface area contributed by atoms with E-state index in [9.17, 15) is 13.6 Å². The molecule has 0 amide bonds. The molecule has 0 N–H and O–H groups in total. The third-order valence-electron chi connectivity index (χ3n) is 1.92. The fourth-order valence-corrected chi connectivity index (χ4v) is 1.50. The Kier molecular flexibility index (Phi) is 3.63. The number of ether oxygens (including phenoxy) is 1. The maximum absolute atomic E-state index is 12.6. The first-order chi connectivity index (χ1) is 6.97. The molecular formula is C10H9ClF2O2. The van der Waals surface area contributed by atoms with Crippen LogP contribution in [0.5, 0.6) is 5.75 Å². The number of benzene rings is 1. The summed E-state index contributed by atoms with van der Waals surface area (Å²) >= 11 is 5.71. The fraction of sp³-hybridized carbons (Fsp3) is 0.300. The third-order valence-corrected chi connectivity index (χ3v) is 2.20. The van der Waals surface area contributed by atoms with Gasteiger partial charge in [-0.2, -0.15) is 0 Å². The maximum Gasteiger partial charge on any atom is 0.267 e. The smallest absolute Gasteiger partial charge is 0.267 e. The number of hydrogen-bond donors (Lipinski definition) is 0. The van der Waals surface area contributed by atoms with Crippen LogP contribution in [0.1, 0.15) is 29.3 Å². The Balaban J connectivity index is 3.38. The van der Waals surface area contributed by atoms with Gasteiger partial charge in [0.2, 0.25) is 0 Å². The first-order valence-corrected chi connectivity index (χ1v) is 4.51. The molecule has 15 heavy (non-hydrogen) atoms. The van der Waals surface area contributed by atoms with E-state index in [1.807, 2.05) is 0 Å². The highest BCUT2D eigenvalue weighted by Crippen LogP contribution is 2.36. The van der Waals surface area contributed by atoms with E-state index in [1.165, 1.54) is 20.1 Å². The molecule has 0 radical (unpaired) electrons. The molecule has 0 saturated heterocycles. The van der Waals surface area contributed by atoms with Crippen LogP contribution in [0.4, 0.5) is 8.78 Å². The first kappa shape index (κ1) is 11.9. The largest absolute Gasteiger partial charge is 0.495 e. The van der Waals surface area contributed by atoms with Crippen LogP contribution in [0.25, 0.3) is 0 Å². The van der Waals surface area contributed by atoms with Crippen LogP contribution in [0, 0.1) is 0 Å². The van der Waals surface area contributed by atoms with Crippen molar-refractivity contribution in [2.45, 2.75) is 13.3 Å². The maximum atomic E-state index is 12.6. The summed E-state index contributed by atoms with van der Waals surface area (Å²) in [6.45, 7) is 1.29. The van der Waals surface area contributed by atoms with Crippen molar-refractivity contribution >= 4 is 17.4 Å². The summed E-state index contributed by atoms with van der Waals surface area (Å²) in [5, 5.41) is 0.0144. The second-order valence-electron chi connectivity index (χ2n) is 2.94. The van der Waals surface area contributed by atoms with Crippen molar-refractivity contribution in [1.29, 1.82) is 0 Å².